The van der Waals surface area contributed by atoms with Gasteiger partial charge in [-0.1, -0.05) is 11.8 Å². The second-order valence-electron chi connectivity index (χ2n) is 5.56. The van der Waals surface area contributed by atoms with Crippen molar-refractivity contribution in [3.05, 3.63) is 23.8 Å². The van der Waals surface area contributed by atoms with E-state index in [9.17, 15) is 4.79 Å². The molecule has 2 aliphatic rings. The Bertz CT molecular complexity index is 745. The Morgan fingerprint density at radius 2 is 2.25 bits per heavy atom. The van der Waals surface area contributed by atoms with Crippen molar-refractivity contribution in [2.75, 3.05) is 19.2 Å². The Morgan fingerprint density at radius 1 is 1.33 bits per heavy atom. The predicted molar refractivity (Wildman–Crippen MR) is 84.4 cm³/mol. The lowest BCUT2D eigenvalue weighted by atomic mass is 10.1. The number of fused-ring (bicyclic) bond motifs is 1. The van der Waals surface area contributed by atoms with Crippen LogP contribution in [0.2, 0.25) is 0 Å². The number of aromatic nitrogens is 4. The van der Waals surface area contributed by atoms with E-state index in [1.807, 2.05) is 0 Å². The standard InChI is InChI=1S/C15H16N4O4S/c20-12(10-3-4-13-14(6-10)23-9-22-13)8-24-15-16-17-18-19(15)7-11-2-1-5-21-11/h3-4,6,11H,1-2,5,7-9H2/t11-/m0/s1. The van der Waals surface area contributed by atoms with E-state index in [-0.39, 0.29) is 24.4 Å². The van der Waals surface area contributed by atoms with Crippen molar-refractivity contribution in [2.24, 2.45) is 0 Å². The quantitative estimate of drug-likeness (QED) is 0.574. The van der Waals surface area contributed by atoms with Crippen LogP contribution in [0.4, 0.5) is 0 Å². The number of Topliss-reactive ketones (excluding diaryl/α,β-unsaturated/α-hetero) is 1. The number of rotatable bonds is 6. The van der Waals surface area contributed by atoms with Gasteiger partial charge in [-0.05, 0) is 41.5 Å². The van der Waals surface area contributed by atoms with Crippen molar-refractivity contribution in [1.82, 2.24) is 20.2 Å². The first-order chi connectivity index (χ1) is 11.8. The van der Waals surface area contributed by atoms with Gasteiger partial charge in [0, 0.05) is 12.2 Å². The number of thioether (sulfide) groups is 1. The molecule has 1 aromatic heterocycles. The Kier molecular flexibility index (Phi) is 4.35. The van der Waals surface area contributed by atoms with Gasteiger partial charge < -0.3 is 14.2 Å². The average molecular weight is 348 g/mol. The molecule has 2 aromatic rings. The molecule has 9 heteroatoms. The van der Waals surface area contributed by atoms with Crippen molar-refractivity contribution >= 4 is 17.5 Å². The number of carbonyl (C=O) groups excluding carboxylic acids is 1. The number of tetrazole rings is 1. The van der Waals surface area contributed by atoms with Crippen molar-refractivity contribution < 1.29 is 19.0 Å². The molecule has 1 aromatic carbocycles. The maximum Gasteiger partial charge on any atom is 0.231 e. The topological polar surface area (TPSA) is 88.4 Å². The molecular weight excluding hydrogens is 332 g/mol. The van der Waals surface area contributed by atoms with Crippen LogP contribution < -0.4 is 9.47 Å². The van der Waals surface area contributed by atoms with Crippen molar-refractivity contribution in [2.45, 2.75) is 30.6 Å². The summed E-state index contributed by atoms with van der Waals surface area (Å²) in [6, 6.07) is 5.20. The van der Waals surface area contributed by atoms with E-state index >= 15 is 0 Å². The molecule has 3 heterocycles. The molecule has 0 radical (unpaired) electrons. The maximum atomic E-state index is 12.4. The van der Waals surface area contributed by atoms with Crippen LogP contribution in [0.25, 0.3) is 0 Å². The van der Waals surface area contributed by atoms with E-state index in [4.69, 9.17) is 14.2 Å². The number of hydrogen-bond donors (Lipinski definition) is 0. The average Bonchev–Trinajstić information content (AvgIpc) is 3.34. The molecule has 0 N–H and O–H groups in total. The van der Waals surface area contributed by atoms with Crippen LogP contribution in [0.5, 0.6) is 11.5 Å². The van der Waals surface area contributed by atoms with E-state index in [2.05, 4.69) is 15.5 Å². The summed E-state index contributed by atoms with van der Waals surface area (Å²) < 4.78 is 17.9. The summed E-state index contributed by atoms with van der Waals surface area (Å²) in [6.45, 7) is 1.60. The van der Waals surface area contributed by atoms with Gasteiger partial charge in [0.05, 0.1) is 18.4 Å². The van der Waals surface area contributed by atoms with Gasteiger partial charge in [0.2, 0.25) is 11.9 Å². The molecule has 24 heavy (non-hydrogen) atoms. The van der Waals surface area contributed by atoms with Gasteiger partial charge in [-0.15, -0.1) is 5.10 Å². The second kappa shape index (κ2) is 6.78. The molecule has 1 atom stereocenters. The summed E-state index contributed by atoms with van der Waals surface area (Å²) in [4.78, 5) is 12.4. The lowest BCUT2D eigenvalue weighted by molar-refractivity contribution is 0.0912. The van der Waals surface area contributed by atoms with Gasteiger partial charge in [0.15, 0.2) is 17.3 Å². The summed E-state index contributed by atoms with van der Waals surface area (Å²) in [5, 5.41) is 12.3. The van der Waals surface area contributed by atoms with Crippen LogP contribution in [0.15, 0.2) is 23.4 Å². The zero-order chi connectivity index (χ0) is 16.4. The lowest BCUT2D eigenvalue weighted by Crippen LogP contribution is -2.17. The Hall–Kier alpha value is -2.13. The number of ketones is 1. The van der Waals surface area contributed by atoms with Crippen molar-refractivity contribution in [3.8, 4) is 11.5 Å². The third-order valence-electron chi connectivity index (χ3n) is 3.93. The van der Waals surface area contributed by atoms with E-state index in [0.717, 1.165) is 19.4 Å². The molecule has 126 valence electrons. The van der Waals surface area contributed by atoms with Crippen LogP contribution in [0, 0.1) is 0 Å². The van der Waals surface area contributed by atoms with Crippen molar-refractivity contribution in [1.29, 1.82) is 0 Å². The molecule has 0 spiro atoms. The number of hydrogen-bond acceptors (Lipinski definition) is 8. The van der Waals surface area contributed by atoms with E-state index in [1.54, 1.807) is 22.9 Å². The molecule has 2 aliphatic heterocycles. The van der Waals surface area contributed by atoms with Gasteiger partial charge in [0.25, 0.3) is 0 Å². The number of ether oxygens (including phenoxy) is 3. The largest absolute Gasteiger partial charge is 0.454 e. The first-order valence-electron chi connectivity index (χ1n) is 7.73. The predicted octanol–water partition coefficient (Wildman–Crippen LogP) is 1.56. The number of carbonyl (C=O) groups is 1. The summed E-state index contributed by atoms with van der Waals surface area (Å²) in [5.74, 6) is 1.52. The molecule has 0 aliphatic carbocycles. The molecule has 1 fully saturated rings. The second-order valence-corrected chi connectivity index (χ2v) is 6.50. The first-order valence-corrected chi connectivity index (χ1v) is 8.71. The highest BCUT2D eigenvalue weighted by molar-refractivity contribution is 7.99. The van der Waals surface area contributed by atoms with Crippen molar-refractivity contribution in [3.63, 3.8) is 0 Å². The van der Waals surface area contributed by atoms with Gasteiger partial charge >= 0.3 is 0 Å². The molecule has 8 nitrogen and oxygen atoms in total. The molecule has 0 amide bonds. The van der Waals surface area contributed by atoms with E-state index in [1.165, 1.54) is 11.8 Å². The highest BCUT2D eigenvalue weighted by Gasteiger charge is 2.20. The highest BCUT2D eigenvalue weighted by atomic mass is 32.2. The molecule has 0 bridgehead atoms. The Balaban J connectivity index is 1.38. The third-order valence-corrected chi connectivity index (χ3v) is 4.88. The van der Waals surface area contributed by atoms with Crippen LogP contribution in [-0.2, 0) is 11.3 Å². The molecular formula is C15H16N4O4S. The fraction of sp³-hybridized carbons (Fsp3) is 0.467. The molecule has 0 unspecified atom stereocenters. The van der Waals surface area contributed by atoms with E-state index < -0.39 is 0 Å². The summed E-state index contributed by atoms with van der Waals surface area (Å²) in [6.07, 6.45) is 2.23. The van der Waals surface area contributed by atoms with Gasteiger partial charge in [-0.25, -0.2) is 4.68 Å². The fourth-order valence-electron chi connectivity index (χ4n) is 2.68. The molecule has 1 saturated heterocycles. The summed E-state index contributed by atoms with van der Waals surface area (Å²) in [7, 11) is 0. The Morgan fingerprint density at radius 3 is 3.12 bits per heavy atom. The van der Waals surface area contributed by atoms with E-state index in [0.29, 0.717) is 28.8 Å². The van der Waals surface area contributed by atoms with Crippen LogP contribution in [-0.4, -0.2) is 51.2 Å². The smallest absolute Gasteiger partial charge is 0.231 e. The minimum atomic E-state index is -0.00929. The lowest BCUT2D eigenvalue weighted by Gasteiger charge is -2.09. The number of nitrogens with zero attached hydrogens (tertiary/aromatic N) is 4. The fourth-order valence-corrected chi connectivity index (χ4v) is 3.46. The SMILES string of the molecule is O=C(CSc1nnnn1C[C@@H]1CCCO1)c1ccc2c(c1)OCO2. The minimum Gasteiger partial charge on any atom is -0.454 e. The first kappa shape index (κ1) is 15.4. The van der Waals surface area contributed by atoms with Gasteiger partial charge in [-0.3, -0.25) is 4.79 Å². The minimum absolute atomic E-state index is 0.00929. The summed E-state index contributed by atoms with van der Waals surface area (Å²) >= 11 is 1.32. The zero-order valence-electron chi connectivity index (χ0n) is 12.9. The highest BCUT2D eigenvalue weighted by Crippen LogP contribution is 2.33. The Labute approximate surface area is 142 Å². The van der Waals surface area contributed by atoms with Gasteiger partial charge in [-0.2, -0.15) is 0 Å². The zero-order valence-corrected chi connectivity index (χ0v) is 13.7. The molecule has 0 saturated carbocycles. The third kappa shape index (κ3) is 3.22. The maximum absolute atomic E-state index is 12.4. The van der Waals surface area contributed by atoms with Crippen LogP contribution in [0.1, 0.15) is 23.2 Å². The van der Waals surface area contributed by atoms with Crippen LogP contribution >= 0.6 is 11.8 Å². The normalized spacial score (nSPS) is 18.9. The summed E-state index contributed by atoms with van der Waals surface area (Å²) in [5.41, 5.74) is 0.588. The molecule has 4 rings (SSSR count). The number of benzene rings is 1. The van der Waals surface area contributed by atoms with Gasteiger partial charge in [0.1, 0.15) is 0 Å². The monoisotopic (exact) mass is 348 g/mol. The van der Waals surface area contributed by atoms with Crippen LogP contribution in [0.3, 0.4) is 0 Å².